The number of benzene rings is 1. The normalized spacial score (nSPS) is 16.8. The monoisotopic (exact) mass is 352 g/mol. The lowest BCUT2D eigenvalue weighted by atomic mass is 10.1. The molecule has 0 N–H and O–H groups in total. The number of fused-ring (bicyclic) bond motifs is 3. The third-order valence-electron chi connectivity index (χ3n) is 4.92. The van der Waals surface area contributed by atoms with E-state index in [1.165, 1.54) is 0 Å². The highest BCUT2D eigenvalue weighted by atomic mass is 32.1. The van der Waals surface area contributed by atoms with Crippen molar-refractivity contribution < 1.29 is 9.47 Å². The van der Waals surface area contributed by atoms with Crippen molar-refractivity contribution >= 4 is 33.2 Å². The Morgan fingerprint density at radius 1 is 1.24 bits per heavy atom. The second-order valence-electron chi connectivity index (χ2n) is 6.39. The van der Waals surface area contributed by atoms with Crippen LogP contribution in [0.1, 0.15) is 28.2 Å². The van der Waals surface area contributed by atoms with Crippen molar-refractivity contribution in [1.82, 2.24) is 9.55 Å². The highest BCUT2D eigenvalue weighted by Gasteiger charge is 2.23. The smallest absolute Gasteiger partial charge is 0.262 e. The zero-order valence-corrected chi connectivity index (χ0v) is 14.8. The van der Waals surface area contributed by atoms with Gasteiger partial charge in [-0.2, -0.15) is 0 Å². The first-order valence-electron chi connectivity index (χ1n) is 8.23. The first-order chi connectivity index (χ1) is 12.1. The molecule has 2 aromatic heterocycles. The summed E-state index contributed by atoms with van der Waals surface area (Å²) in [6.45, 7) is 4.99. The van der Waals surface area contributed by atoms with Crippen molar-refractivity contribution in [2.45, 2.75) is 26.8 Å². The van der Waals surface area contributed by atoms with Crippen molar-refractivity contribution in [3.63, 3.8) is 0 Å². The van der Waals surface area contributed by atoms with Crippen molar-refractivity contribution in [3.05, 3.63) is 50.4 Å². The molecule has 0 fully saturated rings. The van der Waals surface area contributed by atoms with Crippen molar-refractivity contribution in [1.29, 1.82) is 0 Å². The number of aryl methyl sites for hydroxylation is 2. The van der Waals surface area contributed by atoms with Crippen LogP contribution in [0.4, 0.5) is 0 Å². The molecule has 0 saturated heterocycles. The van der Waals surface area contributed by atoms with Crippen LogP contribution in [0, 0.1) is 13.8 Å². The molecular formula is C19H16N2O3S. The molecule has 0 amide bonds. The Balaban J connectivity index is 1.65. The van der Waals surface area contributed by atoms with Gasteiger partial charge in [-0.1, -0.05) is 6.07 Å². The molecule has 0 radical (unpaired) electrons. The first-order valence-corrected chi connectivity index (χ1v) is 9.04. The lowest BCUT2D eigenvalue weighted by Crippen LogP contribution is -2.20. The second kappa shape index (κ2) is 5.20. The minimum Gasteiger partial charge on any atom is -0.454 e. The van der Waals surface area contributed by atoms with E-state index in [9.17, 15) is 4.79 Å². The molecule has 25 heavy (non-hydrogen) atoms. The van der Waals surface area contributed by atoms with Crippen LogP contribution in [0.3, 0.4) is 0 Å². The van der Waals surface area contributed by atoms with E-state index >= 15 is 0 Å². The highest BCUT2D eigenvalue weighted by molar-refractivity contribution is 7.18. The maximum Gasteiger partial charge on any atom is 0.262 e. The lowest BCUT2D eigenvalue weighted by molar-refractivity contribution is 0.174. The number of aromatic nitrogens is 2. The molecule has 6 heteroatoms. The van der Waals surface area contributed by atoms with Crippen LogP contribution in [0.5, 0.6) is 11.5 Å². The van der Waals surface area contributed by atoms with Crippen LogP contribution in [0.15, 0.2) is 23.0 Å². The van der Waals surface area contributed by atoms with Crippen LogP contribution >= 0.6 is 11.3 Å². The summed E-state index contributed by atoms with van der Waals surface area (Å²) in [5.41, 5.74) is 3.25. The van der Waals surface area contributed by atoms with Crippen molar-refractivity contribution in [3.8, 4) is 11.5 Å². The average molecular weight is 352 g/mol. The van der Waals surface area contributed by atoms with Gasteiger partial charge in [-0.05, 0) is 55.2 Å². The fraction of sp³-hybridized carbons (Fsp3) is 0.263. The predicted molar refractivity (Wildman–Crippen MR) is 98.4 cm³/mol. The van der Waals surface area contributed by atoms with E-state index in [1.807, 2.05) is 32.0 Å². The Bertz CT molecular complexity index is 1120. The summed E-state index contributed by atoms with van der Waals surface area (Å²) >= 11 is 1.60. The SMILES string of the molecule is Cc1sc2nc3n(c(=O)c2c1C)CC/C3=C/c1ccc2c(c1)OCO2. The molecular weight excluding hydrogens is 336 g/mol. The van der Waals surface area contributed by atoms with Gasteiger partial charge in [-0.15, -0.1) is 11.3 Å². The van der Waals surface area contributed by atoms with Gasteiger partial charge in [0, 0.05) is 11.4 Å². The Kier molecular flexibility index (Phi) is 3.06. The number of thiophene rings is 1. The molecule has 5 nitrogen and oxygen atoms in total. The van der Waals surface area contributed by atoms with Gasteiger partial charge in [0.2, 0.25) is 6.79 Å². The molecule has 2 aliphatic heterocycles. The third kappa shape index (κ3) is 2.14. The summed E-state index contributed by atoms with van der Waals surface area (Å²) in [5, 5.41) is 0.774. The van der Waals surface area contributed by atoms with E-state index in [1.54, 1.807) is 15.9 Å². The molecule has 0 saturated carbocycles. The Labute approximate surface area is 148 Å². The van der Waals surface area contributed by atoms with Crippen molar-refractivity contribution in [2.24, 2.45) is 0 Å². The molecule has 0 bridgehead atoms. The zero-order chi connectivity index (χ0) is 17.1. The number of rotatable bonds is 1. The largest absolute Gasteiger partial charge is 0.454 e. The Hall–Kier alpha value is -2.60. The van der Waals surface area contributed by atoms with E-state index in [4.69, 9.17) is 14.5 Å². The summed E-state index contributed by atoms with van der Waals surface area (Å²) in [5.74, 6) is 2.32. The zero-order valence-electron chi connectivity index (χ0n) is 14.0. The molecule has 0 spiro atoms. The summed E-state index contributed by atoms with van der Waals surface area (Å²) in [6, 6.07) is 5.88. The fourth-order valence-corrected chi connectivity index (χ4v) is 4.48. The van der Waals surface area contributed by atoms with Gasteiger partial charge in [0.25, 0.3) is 5.56 Å². The molecule has 0 unspecified atom stereocenters. The Morgan fingerprint density at radius 2 is 2.08 bits per heavy atom. The quantitative estimate of drug-likeness (QED) is 0.669. The van der Waals surface area contributed by atoms with Gasteiger partial charge in [0.15, 0.2) is 11.5 Å². The van der Waals surface area contributed by atoms with E-state index in [0.717, 1.165) is 55.5 Å². The number of nitrogens with zero attached hydrogens (tertiary/aromatic N) is 2. The van der Waals surface area contributed by atoms with Gasteiger partial charge >= 0.3 is 0 Å². The molecule has 1 aromatic carbocycles. The van der Waals surface area contributed by atoms with Crippen LogP contribution < -0.4 is 15.0 Å². The topological polar surface area (TPSA) is 53.4 Å². The van der Waals surface area contributed by atoms with Crippen LogP contribution in [-0.4, -0.2) is 16.3 Å². The Morgan fingerprint density at radius 3 is 2.96 bits per heavy atom. The second-order valence-corrected chi connectivity index (χ2v) is 7.59. The molecule has 126 valence electrons. The van der Waals surface area contributed by atoms with E-state index < -0.39 is 0 Å². The third-order valence-corrected chi connectivity index (χ3v) is 6.02. The molecule has 0 atom stereocenters. The van der Waals surface area contributed by atoms with E-state index in [-0.39, 0.29) is 12.4 Å². The summed E-state index contributed by atoms with van der Waals surface area (Å²) in [4.78, 5) is 19.7. The standard InChI is InChI=1S/C19H16N2O3S/c1-10-11(2)25-18-16(10)19(22)21-6-5-13(17(21)20-18)7-12-3-4-14-15(8-12)24-9-23-14/h3-4,7-8H,5-6,9H2,1-2H3/b13-7-. The van der Waals surface area contributed by atoms with E-state index in [2.05, 4.69) is 6.08 Å². The molecule has 5 rings (SSSR count). The van der Waals surface area contributed by atoms with Crippen LogP contribution in [0.2, 0.25) is 0 Å². The molecule has 2 aliphatic rings. The maximum absolute atomic E-state index is 12.9. The van der Waals surface area contributed by atoms with Gasteiger partial charge in [0.1, 0.15) is 10.7 Å². The van der Waals surface area contributed by atoms with Gasteiger partial charge in [-0.3, -0.25) is 9.36 Å². The number of allylic oxidation sites excluding steroid dienone is 1. The fourth-order valence-electron chi connectivity index (χ4n) is 3.46. The van der Waals surface area contributed by atoms with E-state index in [0.29, 0.717) is 6.54 Å². The summed E-state index contributed by atoms with van der Waals surface area (Å²) in [6.07, 6.45) is 2.90. The lowest BCUT2D eigenvalue weighted by Gasteiger charge is -2.04. The molecule has 4 heterocycles. The minimum atomic E-state index is 0.0796. The number of hydrogen-bond donors (Lipinski definition) is 0. The summed E-state index contributed by atoms with van der Waals surface area (Å²) < 4.78 is 12.6. The molecule has 3 aromatic rings. The maximum atomic E-state index is 12.9. The van der Waals surface area contributed by atoms with Crippen molar-refractivity contribution in [2.75, 3.05) is 6.79 Å². The predicted octanol–water partition coefficient (Wildman–Crippen LogP) is 3.75. The minimum absolute atomic E-state index is 0.0796. The van der Waals surface area contributed by atoms with Gasteiger partial charge in [0.05, 0.1) is 5.39 Å². The number of ether oxygens (including phenoxy) is 2. The van der Waals surface area contributed by atoms with Gasteiger partial charge < -0.3 is 9.47 Å². The van der Waals surface area contributed by atoms with Gasteiger partial charge in [-0.25, -0.2) is 4.98 Å². The molecule has 0 aliphatic carbocycles. The summed E-state index contributed by atoms with van der Waals surface area (Å²) in [7, 11) is 0. The van der Waals surface area contributed by atoms with Crippen LogP contribution in [0.25, 0.3) is 21.9 Å². The average Bonchev–Trinajstić information content (AvgIpc) is 3.28. The number of hydrogen-bond acceptors (Lipinski definition) is 5. The highest BCUT2D eigenvalue weighted by Crippen LogP contribution is 2.35. The van der Waals surface area contributed by atoms with Crippen LogP contribution in [-0.2, 0) is 6.54 Å². The first kappa shape index (κ1) is 14.7.